The van der Waals surface area contributed by atoms with Crippen LogP contribution in [-0.4, -0.2) is 24.2 Å². The third-order valence-corrected chi connectivity index (χ3v) is 8.37. The monoisotopic (exact) mass is 365 g/mol. The molecular weight excluding hydrogens is 334 g/mol. The number of aromatic nitrogens is 2. The zero-order valence-electron chi connectivity index (χ0n) is 15.4. The van der Waals surface area contributed by atoms with Gasteiger partial charge in [0.25, 0.3) is 0 Å². The first-order valence-corrected chi connectivity index (χ1v) is 11.5. The van der Waals surface area contributed by atoms with Gasteiger partial charge in [0.1, 0.15) is 4.90 Å². The largest absolute Gasteiger partial charge is 0.272 e. The topological polar surface area (TPSA) is 64.0 Å². The summed E-state index contributed by atoms with van der Waals surface area (Å²) in [6.45, 7) is 4.81. The van der Waals surface area contributed by atoms with Crippen LogP contribution in [0.15, 0.2) is 17.3 Å². The summed E-state index contributed by atoms with van der Waals surface area (Å²) < 4.78 is 30.7. The van der Waals surface area contributed by atoms with Crippen LogP contribution in [0.25, 0.3) is 0 Å². The maximum absolute atomic E-state index is 13.0. The van der Waals surface area contributed by atoms with Crippen molar-refractivity contribution in [3.05, 3.63) is 12.4 Å². The zero-order valence-corrected chi connectivity index (χ0v) is 16.3. The lowest BCUT2D eigenvalue weighted by Crippen LogP contribution is -2.56. The Kier molecular flexibility index (Phi) is 4.47. The summed E-state index contributed by atoms with van der Waals surface area (Å²) in [6, 6.07) is 0.0703. The molecule has 0 amide bonds. The molecule has 1 atom stereocenters. The van der Waals surface area contributed by atoms with Crippen molar-refractivity contribution in [2.75, 3.05) is 0 Å². The standard InChI is InChI=1S/C19H31N3O2S/c1-3-5-18(21-25(23,24)17-12-20-22(4-2)13-17)19-9-14-6-15(10-19)8-16(7-14)11-19/h12-16,18,21H,3-11H2,1-2H3. The molecule has 5 rings (SSSR count). The average molecular weight is 366 g/mol. The molecular formula is C19H31N3O2S. The van der Waals surface area contributed by atoms with Gasteiger partial charge in [-0.1, -0.05) is 13.3 Å². The molecule has 1 N–H and O–H groups in total. The van der Waals surface area contributed by atoms with Gasteiger partial charge in [0.05, 0.1) is 6.20 Å². The molecule has 6 heteroatoms. The van der Waals surface area contributed by atoms with Crippen LogP contribution in [0, 0.1) is 23.2 Å². The van der Waals surface area contributed by atoms with Crippen LogP contribution in [0.5, 0.6) is 0 Å². The highest BCUT2D eigenvalue weighted by atomic mass is 32.2. The fraction of sp³-hybridized carbons (Fsp3) is 0.842. The van der Waals surface area contributed by atoms with Gasteiger partial charge < -0.3 is 0 Å². The van der Waals surface area contributed by atoms with Gasteiger partial charge >= 0.3 is 0 Å². The lowest BCUT2D eigenvalue weighted by atomic mass is 9.47. The van der Waals surface area contributed by atoms with Crippen LogP contribution in [-0.2, 0) is 16.6 Å². The maximum atomic E-state index is 13.0. The number of nitrogens with zero attached hydrogens (tertiary/aromatic N) is 2. The van der Waals surface area contributed by atoms with E-state index in [0.29, 0.717) is 11.4 Å². The first-order chi connectivity index (χ1) is 11.9. The lowest BCUT2D eigenvalue weighted by Gasteiger charge is -2.59. The molecule has 4 aliphatic rings. The second-order valence-electron chi connectivity index (χ2n) is 8.77. The second kappa shape index (κ2) is 6.38. The molecule has 0 radical (unpaired) electrons. The molecule has 4 saturated carbocycles. The average Bonchev–Trinajstić information content (AvgIpc) is 3.03. The van der Waals surface area contributed by atoms with E-state index in [1.54, 1.807) is 10.9 Å². The Hall–Kier alpha value is -0.880. The van der Waals surface area contributed by atoms with Crippen molar-refractivity contribution >= 4 is 10.0 Å². The SMILES string of the molecule is CCCC(NS(=O)(=O)c1cnn(CC)c1)C12CC3CC(CC(C3)C1)C2. The quantitative estimate of drug-likeness (QED) is 0.803. The number of hydrogen-bond acceptors (Lipinski definition) is 3. The predicted molar refractivity (Wildman–Crippen MR) is 97.5 cm³/mol. The van der Waals surface area contributed by atoms with Crippen LogP contribution < -0.4 is 4.72 Å². The smallest absolute Gasteiger partial charge is 0.243 e. The van der Waals surface area contributed by atoms with E-state index in [1.807, 2.05) is 6.92 Å². The van der Waals surface area contributed by atoms with Gasteiger partial charge in [0.2, 0.25) is 10.0 Å². The molecule has 1 unspecified atom stereocenters. The number of aryl methyl sites for hydroxylation is 1. The second-order valence-corrected chi connectivity index (χ2v) is 10.5. The molecule has 25 heavy (non-hydrogen) atoms. The third-order valence-electron chi connectivity index (χ3n) is 6.94. The van der Waals surface area contributed by atoms with Crippen LogP contribution >= 0.6 is 0 Å². The number of hydrogen-bond donors (Lipinski definition) is 1. The minimum Gasteiger partial charge on any atom is -0.272 e. The summed E-state index contributed by atoms with van der Waals surface area (Å²) in [5.74, 6) is 2.49. The van der Waals surface area contributed by atoms with Crippen molar-refractivity contribution in [3.8, 4) is 0 Å². The number of rotatable bonds is 7. The minimum absolute atomic E-state index is 0.0703. The minimum atomic E-state index is -3.50. The van der Waals surface area contributed by atoms with E-state index in [0.717, 1.165) is 30.6 Å². The van der Waals surface area contributed by atoms with Gasteiger partial charge in [-0.3, -0.25) is 4.68 Å². The summed E-state index contributed by atoms with van der Waals surface area (Å²) in [4.78, 5) is 0.306. The Morgan fingerprint density at radius 2 is 1.80 bits per heavy atom. The van der Waals surface area contributed by atoms with Gasteiger partial charge in [-0.25, -0.2) is 13.1 Å². The lowest BCUT2D eigenvalue weighted by molar-refractivity contribution is -0.0712. The van der Waals surface area contributed by atoms with Gasteiger partial charge in [0, 0.05) is 18.8 Å². The van der Waals surface area contributed by atoms with Gasteiger partial charge in [0.15, 0.2) is 0 Å². The highest BCUT2D eigenvalue weighted by Crippen LogP contribution is 2.61. The van der Waals surface area contributed by atoms with Crippen molar-refractivity contribution < 1.29 is 8.42 Å². The Bertz CT molecular complexity index is 689. The van der Waals surface area contributed by atoms with Crippen molar-refractivity contribution in [1.29, 1.82) is 0 Å². The van der Waals surface area contributed by atoms with E-state index in [9.17, 15) is 8.42 Å². The van der Waals surface area contributed by atoms with Crippen LogP contribution in [0.2, 0.25) is 0 Å². The van der Waals surface area contributed by atoms with Gasteiger partial charge in [-0.05, 0) is 75.0 Å². The van der Waals surface area contributed by atoms with Crippen LogP contribution in [0.4, 0.5) is 0 Å². The Morgan fingerprint density at radius 1 is 1.20 bits per heavy atom. The Labute approximate surface area is 151 Å². The molecule has 0 aromatic carbocycles. The van der Waals surface area contributed by atoms with E-state index in [1.165, 1.54) is 44.7 Å². The zero-order chi connectivity index (χ0) is 17.7. The molecule has 0 saturated heterocycles. The molecule has 4 fully saturated rings. The van der Waals surface area contributed by atoms with E-state index in [-0.39, 0.29) is 11.5 Å². The molecule has 1 aromatic heterocycles. The first-order valence-electron chi connectivity index (χ1n) is 9.99. The number of sulfonamides is 1. The molecule has 0 aliphatic heterocycles. The van der Waals surface area contributed by atoms with Crippen LogP contribution in [0.3, 0.4) is 0 Å². The molecule has 4 aliphatic carbocycles. The van der Waals surface area contributed by atoms with Gasteiger partial charge in [-0.15, -0.1) is 0 Å². The highest BCUT2D eigenvalue weighted by molar-refractivity contribution is 7.89. The fourth-order valence-corrected chi connectivity index (χ4v) is 7.62. The summed E-state index contributed by atoms with van der Waals surface area (Å²) in [5, 5.41) is 4.14. The Morgan fingerprint density at radius 3 is 2.28 bits per heavy atom. The predicted octanol–water partition coefficient (Wildman–Crippen LogP) is 3.57. The molecule has 1 heterocycles. The van der Waals surface area contributed by atoms with E-state index in [2.05, 4.69) is 16.7 Å². The summed E-state index contributed by atoms with van der Waals surface area (Å²) in [7, 11) is -3.50. The van der Waals surface area contributed by atoms with Crippen molar-refractivity contribution in [3.63, 3.8) is 0 Å². The summed E-state index contributed by atoms with van der Waals surface area (Å²) in [6.07, 6.45) is 12.9. The Balaban J connectivity index is 1.59. The van der Waals surface area contributed by atoms with Crippen molar-refractivity contribution in [2.24, 2.45) is 23.2 Å². The highest BCUT2D eigenvalue weighted by Gasteiger charge is 2.54. The molecule has 5 nitrogen and oxygen atoms in total. The third kappa shape index (κ3) is 3.16. The molecule has 140 valence electrons. The van der Waals surface area contributed by atoms with Crippen molar-refractivity contribution in [1.82, 2.24) is 14.5 Å². The molecule has 0 spiro atoms. The van der Waals surface area contributed by atoms with Gasteiger partial charge in [-0.2, -0.15) is 5.10 Å². The summed E-state index contributed by atoms with van der Waals surface area (Å²) in [5.41, 5.74) is 0.193. The summed E-state index contributed by atoms with van der Waals surface area (Å²) >= 11 is 0. The van der Waals surface area contributed by atoms with Crippen LogP contribution in [0.1, 0.15) is 65.2 Å². The number of nitrogens with one attached hydrogen (secondary N) is 1. The normalized spacial score (nSPS) is 35.2. The fourth-order valence-electron chi connectivity index (χ4n) is 6.29. The molecule has 4 bridgehead atoms. The first kappa shape index (κ1) is 17.5. The molecule has 1 aromatic rings. The maximum Gasteiger partial charge on any atom is 0.243 e. The van der Waals surface area contributed by atoms with E-state index >= 15 is 0 Å². The van der Waals surface area contributed by atoms with E-state index in [4.69, 9.17) is 0 Å². The van der Waals surface area contributed by atoms with E-state index < -0.39 is 10.0 Å². The van der Waals surface area contributed by atoms with Crippen molar-refractivity contribution in [2.45, 2.75) is 82.7 Å².